The lowest BCUT2D eigenvalue weighted by Gasteiger charge is -2.12. The molecule has 0 radical (unpaired) electrons. The number of benzene rings is 2. The third-order valence-electron chi connectivity index (χ3n) is 3.86. The molecule has 5 nitrogen and oxygen atoms in total. The smallest absolute Gasteiger partial charge is 0.417 e. The Morgan fingerprint density at radius 2 is 1.67 bits per heavy atom. The molecular weight excluding hydrogens is 464 g/mol. The number of sulfonamides is 1. The lowest BCUT2D eigenvalue weighted by atomic mass is 10.2. The quantitative estimate of drug-likeness (QED) is 0.468. The minimum atomic E-state index is -4.59. The van der Waals surface area contributed by atoms with Crippen LogP contribution in [-0.2, 0) is 16.2 Å². The van der Waals surface area contributed by atoms with Crippen molar-refractivity contribution in [3.8, 4) is 11.6 Å². The van der Waals surface area contributed by atoms with E-state index in [1.807, 2.05) is 6.92 Å². The van der Waals surface area contributed by atoms with Crippen LogP contribution in [0.15, 0.2) is 59.6 Å². The fourth-order valence-electron chi connectivity index (χ4n) is 2.34. The van der Waals surface area contributed by atoms with Crippen LogP contribution in [0.4, 0.5) is 18.9 Å². The van der Waals surface area contributed by atoms with Crippen molar-refractivity contribution in [3.63, 3.8) is 0 Å². The molecule has 0 aliphatic rings. The molecule has 0 bridgehead atoms. The molecule has 0 saturated carbocycles. The van der Waals surface area contributed by atoms with Crippen LogP contribution < -0.4 is 9.46 Å². The minimum Gasteiger partial charge on any atom is -0.436 e. The van der Waals surface area contributed by atoms with Gasteiger partial charge in [-0.1, -0.05) is 40.9 Å². The predicted octanol–water partition coefficient (Wildman–Crippen LogP) is 6.31. The number of nitrogens with one attached hydrogen (secondary N) is 1. The second kappa shape index (κ2) is 8.33. The fourth-order valence-corrected chi connectivity index (χ4v) is 3.81. The Kier molecular flexibility index (Phi) is 6.16. The van der Waals surface area contributed by atoms with Gasteiger partial charge in [-0.05, 0) is 43.3 Å². The van der Waals surface area contributed by atoms with Crippen LogP contribution in [0.5, 0.6) is 11.6 Å². The molecule has 0 spiro atoms. The third-order valence-corrected chi connectivity index (χ3v) is 5.82. The number of aromatic nitrogens is 1. The van der Waals surface area contributed by atoms with Crippen LogP contribution in [0.1, 0.15) is 11.1 Å². The molecule has 1 heterocycles. The average Bonchev–Trinajstić information content (AvgIpc) is 2.64. The van der Waals surface area contributed by atoms with Crippen molar-refractivity contribution in [2.75, 3.05) is 4.72 Å². The number of ether oxygens (including phenoxy) is 1. The molecule has 2 aromatic carbocycles. The van der Waals surface area contributed by atoms with Crippen molar-refractivity contribution >= 4 is 38.9 Å². The Morgan fingerprint density at radius 1 is 1.00 bits per heavy atom. The maximum atomic E-state index is 12.7. The highest BCUT2D eigenvalue weighted by atomic mass is 35.5. The number of anilines is 1. The molecule has 0 amide bonds. The molecule has 158 valence electrons. The van der Waals surface area contributed by atoms with E-state index in [0.717, 1.165) is 5.56 Å². The molecule has 1 N–H and O–H groups in total. The summed E-state index contributed by atoms with van der Waals surface area (Å²) in [5.74, 6) is -0.247. The summed E-state index contributed by atoms with van der Waals surface area (Å²) in [7, 11) is -3.83. The molecule has 11 heteroatoms. The van der Waals surface area contributed by atoms with Gasteiger partial charge in [0.15, 0.2) is 0 Å². The summed E-state index contributed by atoms with van der Waals surface area (Å²) >= 11 is 11.9. The van der Waals surface area contributed by atoms with Crippen LogP contribution >= 0.6 is 23.2 Å². The second-order valence-electron chi connectivity index (χ2n) is 6.17. The lowest BCUT2D eigenvalue weighted by Crippen LogP contribution is -2.12. The molecule has 3 aromatic rings. The average molecular weight is 477 g/mol. The van der Waals surface area contributed by atoms with Crippen molar-refractivity contribution < 1.29 is 26.3 Å². The van der Waals surface area contributed by atoms with E-state index >= 15 is 0 Å². The molecule has 0 saturated heterocycles. The summed E-state index contributed by atoms with van der Waals surface area (Å²) in [6, 6.07) is 11.0. The first kappa shape index (κ1) is 22.2. The highest BCUT2D eigenvalue weighted by Crippen LogP contribution is 2.37. The highest BCUT2D eigenvalue weighted by molar-refractivity contribution is 7.92. The van der Waals surface area contributed by atoms with Gasteiger partial charge in [0, 0.05) is 6.20 Å². The number of pyridine rings is 1. The van der Waals surface area contributed by atoms with Gasteiger partial charge >= 0.3 is 6.18 Å². The Balaban J connectivity index is 1.80. The fraction of sp³-hybridized carbons (Fsp3) is 0.105. The van der Waals surface area contributed by atoms with Crippen LogP contribution in [0.2, 0.25) is 10.0 Å². The molecule has 0 aliphatic heterocycles. The zero-order valence-electron chi connectivity index (χ0n) is 15.2. The van der Waals surface area contributed by atoms with Crippen molar-refractivity contribution in [3.05, 3.63) is 75.9 Å². The maximum Gasteiger partial charge on any atom is 0.417 e. The zero-order valence-corrected chi connectivity index (χ0v) is 17.5. The first-order valence-electron chi connectivity index (χ1n) is 8.25. The summed E-state index contributed by atoms with van der Waals surface area (Å²) in [5, 5.41) is -0.359. The van der Waals surface area contributed by atoms with Gasteiger partial charge in [0.1, 0.15) is 10.8 Å². The van der Waals surface area contributed by atoms with E-state index in [1.165, 1.54) is 30.3 Å². The van der Waals surface area contributed by atoms with Crippen LogP contribution in [0.25, 0.3) is 0 Å². The summed E-state index contributed by atoms with van der Waals surface area (Å²) in [4.78, 5) is 3.64. The van der Waals surface area contributed by atoms with E-state index in [0.29, 0.717) is 12.3 Å². The molecule has 0 atom stereocenters. The number of hydrogen-bond donors (Lipinski definition) is 1. The van der Waals surface area contributed by atoms with E-state index in [-0.39, 0.29) is 32.3 Å². The number of alkyl halides is 3. The predicted molar refractivity (Wildman–Crippen MR) is 108 cm³/mol. The Morgan fingerprint density at radius 3 is 2.23 bits per heavy atom. The van der Waals surface area contributed by atoms with E-state index in [2.05, 4.69) is 9.71 Å². The summed E-state index contributed by atoms with van der Waals surface area (Å²) in [6.45, 7) is 1.83. The third kappa shape index (κ3) is 5.16. The van der Waals surface area contributed by atoms with Gasteiger partial charge in [0.25, 0.3) is 10.0 Å². The molecule has 0 unspecified atom stereocenters. The van der Waals surface area contributed by atoms with Crippen molar-refractivity contribution in [2.45, 2.75) is 18.0 Å². The van der Waals surface area contributed by atoms with Gasteiger partial charge in [-0.15, -0.1) is 0 Å². The second-order valence-corrected chi connectivity index (χ2v) is 8.67. The van der Waals surface area contributed by atoms with Crippen molar-refractivity contribution in [2.24, 2.45) is 0 Å². The largest absolute Gasteiger partial charge is 0.436 e. The van der Waals surface area contributed by atoms with Crippen molar-refractivity contribution in [1.82, 2.24) is 4.98 Å². The number of rotatable bonds is 5. The van der Waals surface area contributed by atoms with Crippen LogP contribution in [-0.4, -0.2) is 13.4 Å². The van der Waals surface area contributed by atoms with Crippen LogP contribution in [0, 0.1) is 6.92 Å². The topological polar surface area (TPSA) is 68.3 Å². The van der Waals surface area contributed by atoms with Gasteiger partial charge in [0.05, 0.1) is 21.2 Å². The molecule has 0 fully saturated rings. The van der Waals surface area contributed by atoms with Gasteiger partial charge < -0.3 is 4.74 Å². The number of halogens is 5. The van der Waals surface area contributed by atoms with E-state index < -0.39 is 21.8 Å². The van der Waals surface area contributed by atoms with Gasteiger partial charge in [-0.2, -0.15) is 13.2 Å². The lowest BCUT2D eigenvalue weighted by molar-refractivity contribution is -0.137. The summed E-state index contributed by atoms with van der Waals surface area (Å²) in [5.41, 5.74) is 0.0558. The summed E-state index contributed by atoms with van der Waals surface area (Å²) in [6.07, 6.45) is -4.01. The van der Waals surface area contributed by atoms with Gasteiger partial charge in [0.2, 0.25) is 5.88 Å². The van der Waals surface area contributed by atoms with E-state index in [9.17, 15) is 21.6 Å². The van der Waals surface area contributed by atoms with E-state index in [1.54, 1.807) is 12.1 Å². The first-order chi connectivity index (χ1) is 14.0. The van der Waals surface area contributed by atoms with Gasteiger partial charge in [-0.3, -0.25) is 4.72 Å². The molecule has 30 heavy (non-hydrogen) atoms. The van der Waals surface area contributed by atoms with Crippen LogP contribution in [0.3, 0.4) is 0 Å². The first-order valence-corrected chi connectivity index (χ1v) is 10.5. The Hall–Kier alpha value is -2.49. The Bertz CT molecular complexity index is 1180. The zero-order chi connectivity index (χ0) is 22.1. The maximum absolute atomic E-state index is 12.7. The molecular formula is C19H13Cl2F3N2O3S. The minimum absolute atomic E-state index is 0.00290. The summed E-state index contributed by atoms with van der Waals surface area (Å²) < 4.78 is 70.8. The molecule has 0 aliphatic carbocycles. The standard InChI is InChI=1S/C19H13Cl2F3N2O3S/c1-11-2-5-14(6-3-11)30(27,28)26-13-4-7-17(15(20)9-13)29-18-16(21)8-12(10-25-18)19(22,23)24/h2-10,26H,1H3. The number of aryl methyl sites for hydroxylation is 1. The molecule has 3 rings (SSSR count). The van der Waals surface area contributed by atoms with Crippen molar-refractivity contribution in [1.29, 1.82) is 0 Å². The number of nitrogens with zero attached hydrogens (tertiary/aromatic N) is 1. The highest BCUT2D eigenvalue weighted by Gasteiger charge is 2.32. The van der Waals surface area contributed by atoms with Gasteiger partial charge in [-0.25, -0.2) is 13.4 Å². The normalized spacial score (nSPS) is 11.9. The number of hydrogen-bond acceptors (Lipinski definition) is 4. The Labute approximate surface area is 180 Å². The monoisotopic (exact) mass is 476 g/mol. The van der Waals surface area contributed by atoms with E-state index in [4.69, 9.17) is 27.9 Å². The SMILES string of the molecule is Cc1ccc(S(=O)(=O)Nc2ccc(Oc3ncc(C(F)(F)F)cc3Cl)c(Cl)c2)cc1. The molecule has 1 aromatic heterocycles.